The third-order valence-corrected chi connectivity index (χ3v) is 5.97. The highest BCUT2D eigenvalue weighted by Gasteiger charge is 2.41. The Labute approximate surface area is 121 Å². The van der Waals surface area contributed by atoms with Crippen molar-refractivity contribution in [3.8, 4) is 0 Å². The zero-order valence-electron chi connectivity index (χ0n) is 12.1. The lowest BCUT2D eigenvalue weighted by Crippen LogP contribution is -2.35. The highest BCUT2D eigenvalue weighted by Crippen LogP contribution is 2.49. The summed E-state index contributed by atoms with van der Waals surface area (Å²) < 4.78 is 0. The molecule has 0 saturated heterocycles. The molecule has 104 valence electrons. The van der Waals surface area contributed by atoms with E-state index in [1.165, 1.54) is 36.1 Å². The van der Waals surface area contributed by atoms with Crippen molar-refractivity contribution in [2.45, 2.75) is 50.1 Å². The first-order chi connectivity index (χ1) is 9.26. The molecule has 2 aliphatic carbocycles. The monoisotopic (exact) mass is 275 g/mol. The predicted octanol–water partition coefficient (Wildman–Crippen LogP) is 4.32. The minimum Gasteiger partial charge on any atom is -0.310 e. The molecular formula is C17H25NS. The second-order valence-corrected chi connectivity index (χ2v) is 7.24. The summed E-state index contributed by atoms with van der Waals surface area (Å²) in [7, 11) is 0. The summed E-state index contributed by atoms with van der Waals surface area (Å²) in [6, 6.07) is 9.64. The fourth-order valence-electron chi connectivity index (χ4n) is 4.08. The molecule has 0 radical (unpaired) electrons. The van der Waals surface area contributed by atoms with Crippen LogP contribution in [0.1, 0.15) is 38.2 Å². The molecule has 0 aromatic heterocycles. The third kappa shape index (κ3) is 3.00. The van der Waals surface area contributed by atoms with Crippen molar-refractivity contribution >= 4 is 11.8 Å². The number of benzene rings is 1. The second kappa shape index (κ2) is 5.88. The predicted molar refractivity (Wildman–Crippen MR) is 83.5 cm³/mol. The first-order valence-electron chi connectivity index (χ1n) is 7.62. The van der Waals surface area contributed by atoms with Crippen LogP contribution in [0.5, 0.6) is 0 Å². The molecule has 0 spiro atoms. The second-order valence-electron chi connectivity index (χ2n) is 6.36. The van der Waals surface area contributed by atoms with Crippen LogP contribution in [0.15, 0.2) is 29.2 Å². The maximum atomic E-state index is 3.76. The van der Waals surface area contributed by atoms with E-state index >= 15 is 0 Å². The fraction of sp³-hybridized carbons (Fsp3) is 0.647. The first-order valence-corrected chi connectivity index (χ1v) is 8.85. The summed E-state index contributed by atoms with van der Waals surface area (Å²) in [5.74, 6) is 3.01. The molecule has 1 N–H and O–H groups in total. The van der Waals surface area contributed by atoms with Crippen molar-refractivity contribution in [3.05, 3.63) is 29.8 Å². The van der Waals surface area contributed by atoms with Crippen LogP contribution in [-0.2, 0) is 6.54 Å². The van der Waals surface area contributed by atoms with E-state index in [1.54, 1.807) is 0 Å². The topological polar surface area (TPSA) is 12.0 Å². The van der Waals surface area contributed by atoms with Crippen LogP contribution < -0.4 is 5.32 Å². The molecule has 19 heavy (non-hydrogen) atoms. The number of thioether (sulfide) groups is 1. The quantitative estimate of drug-likeness (QED) is 0.803. The summed E-state index contributed by atoms with van der Waals surface area (Å²) in [5.41, 5.74) is 1.41. The molecular weight excluding hydrogens is 250 g/mol. The third-order valence-electron chi connectivity index (χ3n) is 5.22. The number of rotatable bonds is 5. The van der Waals surface area contributed by atoms with E-state index in [9.17, 15) is 0 Å². The van der Waals surface area contributed by atoms with Gasteiger partial charge in [-0.15, -0.1) is 11.8 Å². The van der Waals surface area contributed by atoms with E-state index in [0.717, 1.165) is 24.3 Å². The SMILES string of the molecule is CSc1ccc(CN[C@@H](C)[C@H]2C[C@@H]3CC[C@@H]2C3)cc1. The summed E-state index contributed by atoms with van der Waals surface area (Å²) in [4.78, 5) is 1.35. The average molecular weight is 275 g/mol. The molecule has 4 atom stereocenters. The van der Waals surface area contributed by atoms with Gasteiger partial charge in [0.05, 0.1) is 0 Å². The van der Waals surface area contributed by atoms with Gasteiger partial charge in [0.1, 0.15) is 0 Å². The molecule has 0 heterocycles. The van der Waals surface area contributed by atoms with Crippen molar-refractivity contribution in [2.75, 3.05) is 6.26 Å². The van der Waals surface area contributed by atoms with Gasteiger partial charge >= 0.3 is 0 Å². The van der Waals surface area contributed by atoms with Gasteiger partial charge in [-0.1, -0.05) is 18.6 Å². The highest BCUT2D eigenvalue weighted by molar-refractivity contribution is 7.98. The summed E-state index contributed by atoms with van der Waals surface area (Å²) >= 11 is 1.81. The minimum absolute atomic E-state index is 0.676. The molecule has 1 aromatic carbocycles. The number of hydrogen-bond acceptors (Lipinski definition) is 2. The number of nitrogens with one attached hydrogen (secondary N) is 1. The molecule has 0 aliphatic heterocycles. The zero-order chi connectivity index (χ0) is 13.2. The van der Waals surface area contributed by atoms with Crippen molar-refractivity contribution in [1.82, 2.24) is 5.32 Å². The van der Waals surface area contributed by atoms with E-state index < -0.39 is 0 Å². The van der Waals surface area contributed by atoms with Gasteiger partial charge in [-0.2, -0.15) is 0 Å². The van der Waals surface area contributed by atoms with Crippen LogP contribution in [0.3, 0.4) is 0 Å². The molecule has 2 fully saturated rings. The Morgan fingerprint density at radius 1 is 1.21 bits per heavy atom. The van der Waals surface area contributed by atoms with Crippen LogP contribution in [0.25, 0.3) is 0 Å². The fourth-order valence-corrected chi connectivity index (χ4v) is 4.49. The summed E-state index contributed by atoms with van der Waals surface area (Å²) in [6.07, 6.45) is 8.11. The van der Waals surface area contributed by atoms with Crippen LogP contribution in [0, 0.1) is 17.8 Å². The van der Waals surface area contributed by atoms with Gasteiger partial charge in [0.25, 0.3) is 0 Å². The van der Waals surface area contributed by atoms with Gasteiger partial charge in [0.15, 0.2) is 0 Å². The van der Waals surface area contributed by atoms with E-state index in [-0.39, 0.29) is 0 Å². The molecule has 2 bridgehead atoms. The van der Waals surface area contributed by atoms with Gasteiger partial charge in [0.2, 0.25) is 0 Å². The Morgan fingerprint density at radius 3 is 2.58 bits per heavy atom. The van der Waals surface area contributed by atoms with Crippen LogP contribution in [0.2, 0.25) is 0 Å². The van der Waals surface area contributed by atoms with E-state index in [0.29, 0.717) is 6.04 Å². The summed E-state index contributed by atoms with van der Waals surface area (Å²) in [5, 5.41) is 3.76. The molecule has 2 heteroatoms. The van der Waals surface area contributed by atoms with Crippen LogP contribution >= 0.6 is 11.8 Å². The lowest BCUT2D eigenvalue weighted by molar-refractivity contribution is 0.259. The Hall–Kier alpha value is -0.470. The molecule has 1 nitrogen and oxygen atoms in total. The van der Waals surface area contributed by atoms with Crippen molar-refractivity contribution in [1.29, 1.82) is 0 Å². The van der Waals surface area contributed by atoms with Gasteiger partial charge in [-0.3, -0.25) is 0 Å². The largest absolute Gasteiger partial charge is 0.310 e. The van der Waals surface area contributed by atoms with Crippen molar-refractivity contribution in [3.63, 3.8) is 0 Å². The van der Waals surface area contributed by atoms with Crippen molar-refractivity contribution in [2.24, 2.45) is 17.8 Å². The lowest BCUT2D eigenvalue weighted by Gasteiger charge is -2.28. The Balaban J connectivity index is 1.51. The standard InChI is InChI=1S/C17H25NS/c1-12(17-10-14-3-6-15(17)9-14)18-11-13-4-7-16(19-2)8-5-13/h4-5,7-8,12,14-15,17-18H,3,6,9-11H2,1-2H3/t12-,14+,15+,17+/m0/s1. The van der Waals surface area contributed by atoms with E-state index in [4.69, 9.17) is 0 Å². The lowest BCUT2D eigenvalue weighted by atomic mass is 9.84. The highest BCUT2D eigenvalue weighted by atomic mass is 32.2. The molecule has 0 unspecified atom stereocenters. The van der Waals surface area contributed by atoms with Crippen LogP contribution in [0.4, 0.5) is 0 Å². The average Bonchev–Trinajstić information content (AvgIpc) is 3.08. The molecule has 3 rings (SSSR count). The molecule has 0 amide bonds. The smallest absolute Gasteiger partial charge is 0.0208 e. The molecule has 2 saturated carbocycles. The van der Waals surface area contributed by atoms with Crippen LogP contribution in [-0.4, -0.2) is 12.3 Å². The Kier molecular flexibility index (Phi) is 4.18. The molecule has 1 aromatic rings. The maximum absolute atomic E-state index is 3.76. The normalized spacial score (nSPS) is 30.7. The molecule has 2 aliphatic rings. The maximum Gasteiger partial charge on any atom is 0.0208 e. The van der Waals surface area contributed by atoms with Gasteiger partial charge in [0, 0.05) is 17.5 Å². The zero-order valence-corrected chi connectivity index (χ0v) is 12.9. The minimum atomic E-state index is 0.676. The Morgan fingerprint density at radius 2 is 2.00 bits per heavy atom. The Bertz CT molecular complexity index is 414. The number of hydrogen-bond donors (Lipinski definition) is 1. The van der Waals surface area contributed by atoms with Gasteiger partial charge < -0.3 is 5.32 Å². The van der Waals surface area contributed by atoms with E-state index in [2.05, 4.69) is 42.8 Å². The van der Waals surface area contributed by atoms with Crippen molar-refractivity contribution < 1.29 is 0 Å². The summed E-state index contributed by atoms with van der Waals surface area (Å²) in [6.45, 7) is 3.41. The van der Waals surface area contributed by atoms with Gasteiger partial charge in [-0.25, -0.2) is 0 Å². The first kappa shape index (κ1) is 13.5. The van der Waals surface area contributed by atoms with E-state index in [1.807, 2.05) is 11.8 Å². The van der Waals surface area contributed by atoms with Gasteiger partial charge in [-0.05, 0) is 67.9 Å². The number of fused-ring (bicyclic) bond motifs is 2.